The predicted molar refractivity (Wildman–Crippen MR) is 269 cm³/mol. The van der Waals surface area contributed by atoms with E-state index in [1.165, 1.54) is 193 Å². The van der Waals surface area contributed by atoms with Crippen LogP contribution in [0.15, 0.2) is 24.3 Å². The number of rotatable bonds is 51. The summed E-state index contributed by atoms with van der Waals surface area (Å²) in [6.07, 6.45) is 61.5. The summed E-state index contributed by atoms with van der Waals surface area (Å²) in [6, 6.07) is -0.552. The third-order valence-electron chi connectivity index (χ3n) is 12.7. The summed E-state index contributed by atoms with van der Waals surface area (Å²) >= 11 is 0. The second-order valence-electron chi connectivity index (χ2n) is 18.9. The van der Waals surface area contributed by atoms with E-state index < -0.39 is 12.1 Å². The average Bonchev–Trinajstić information content (AvgIpc) is 3.27. The zero-order valence-electron chi connectivity index (χ0n) is 41.6. The maximum absolute atomic E-state index is 12.4. The van der Waals surface area contributed by atoms with Crippen molar-refractivity contribution in [3.63, 3.8) is 0 Å². The van der Waals surface area contributed by atoms with Crippen LogP contribution in [-0.4, -0.2) is 47.4 Å². The Labute approximate surface area is 386 Å². The Morgan fingerprint density at radius 1 is 0.435 bits per heavy atom. The lowest BCUT2D eigenvalue weighted by Crippen LogP contribution is -2.45. The summed E-state index contributed by atoms with van der Waals surface area (Å²) in [4.78, 5) is 24.5. The van der Waals surface area contributed by atoms with Crippen LogP contribution in [-0.2, 0) is 14.3 Å². The molecule has 0 rings (SSSR count). The van der Waals surface area contributed by atoms with E-state index >= 15 is 0 Å². The number of esters is 1. The smallest absolute Gasteiger partial charge is 0.305 e. The van der Waals surface area contributed by atoms with Gasteiger partial charge in [-0.25, -0.2) is 0 Å². The molecule has 0 fully saturated rings. The highest BCUT2D eigenvalue weighted by Gasteiger charge is 2.20. The largest absolute Gasteiger partial charge is 0.466 e. The maximum atomic E-state index is 12.4. The van der Waals surface area contributed by atoms with Gasteiger partial charge in [-0.2, -0.15) is 0 Å². The van der Waals surface area contributed by atoms with Crippen molar-refractivity contribution in [2.45, 2.75) is 309 Å². The van der Waals surface area contributed by atoms with Gasteiger partial charge in [-0.15, -0.1) is 0 Å². The molecule has 0 bridgehead atoms. The minimum atomic E-state index is -0.674. The molecule has 3 N–H and O–H groups in total. The first-order chi connectivity index (χ1) is 30.5. The molecule has 0 aliphatic heterocycles. The second-order valence-corrected chi connectivity index (χ2v) is 18.9. The Hall–Kier alpha value is -1.66. The van der Waals surface area contributed by atoms with Gasteiger partial charge in [0.2, 0.25) is 5.91 Å². The van der Waals surface area contributed by atoms with E-state index in [9.17, 15) is 19.8 Å². The lowest BCUT2D eigenvalue weighted by molar-refractivity contribution is -0.143. The quantitative estimate of drug-likeness (QED) is 0.0321. The summed E-state index contributed by atoms with van der Waals surface area (Å²) < 4.78 is 5.46. The lowest BCUT2D eigenvalue weighted by atomic mass is 10.0. The van der Waals surface area contributed by atoms with Gasteiger partial charge in [0.05, 0.1) is 25.4 Å². The Bertz CT molecular complexity index is 966. The molecule has 6 nitrogen and oxygen atoms in total. The van der Waals surface area contributed by atoms with Crippen molar-refractivity contribution in [2.24, 2.45) is 0 Å². The van der Waals surface area contributed by atoms with Gasteiger partial charge in [-0.1, -0.05) is 231 Å². The van der Waals surface area contributed by atoms with Gasteiger partial charge in [0.1, 0.15) is 0 Å². The van der Waals surface area contributed by atoms with Crippen LogP contribution in [0.25, 0.3) is 0 Å². The van der Waals surface area contributed by atoms with E-state index in [1.807, 2.05) is 0 Å². The number of hydrogen-bond donors (Lipinski definition) is 3. The second kappa shape index (κ2) is 52.0. The number of unbranched alkanes of at least 4 members (excludes halogenated alkanes) is 36. The van der Waals surface area contributed by atoms with Crippen molar-refractivity contribution in [3.05, 3.63) is 24.3 Å². The number of ether oxygens (including phenoxy) is 1. The molecule has 0 aromatic heterocycles. The van der Waals surface area contributed by atoms with Gasteiger partial charge in [0.15, 0.2) is 0 Å². The fourth-order valence-corrected chi connectivity index (χ4v) is 8.45. The Morgan fingerprint density at radius 2 is 0.758 bits per heavy atom. The van der Waals surface area contributed by atoms with Crippen molar-refractivity contribution >= 4 is 11.9 Å². The first kappa shape index (κ1) is 60.3. The number of carbonyl (C=O) groups is 2. The van der Waals surface area contributed by atoms with Gasteiger partial charge < -0.3 is 20.3 Å². The number of aliphatic hydroxyl groups excluding tert-OH is 2. The number of allylic oxidation sites excluding steroid dienone is 4. The molecule has 6 heteroatoms. The molecule has 2 atom stereocenters. The number of nitrogens with one attached hydrogen (secondary N) is 1. The van der Waals surface area contributed by atoms with E-state index in [0.29, 0.717) is 25.9 Å². The maximum Gasteiger partial charge on any atom is 0.305 e. The monoisotopic (exact) mass is 874 g/mol. The van der Waals surface area contributed by atoms with Crippen LogP contribution in [0.4, 0.5) is 0 Å². The van der Waals surface area contributed by atoms with Gasteiger partial charge in [-0.05, 0) is 77.0 Å². The number of aliphatic hydroxyl groups is 2. The van der Waals surface area contributed by atoms with E-state index in [-0.39, 0.29) is 18.5 Å². The van der Waals surface area contributed by atoms with Crippen LogP contribution < -0.4 is 5.32 Å². The third-order valence-corrected chi connectivity index (χ3v) is 12.7. The summed E-state index contributed by atoms with van der Waals surface area (Å²) in [7, 11) is 0. The van der Waals surface area contributed by atoms with Crippen LogP contribution in [0, 0.1) is 0 Å². The van der Waals surface area contributed by atoms with Crippen LogP contribution >= 0.6 is 0 Å². The zero-order chi connectivity index (χ0) is 45.1. The van der Waals surface area contributed by atoms with Crippen LogP contribution in [0.5, 0.6) is 0 Å². The Kier molecular flexibility index (Phi) is 50.6. The standard InChI is InChI=1S/C56H107NO5/c1-3-5-7-9-11-13-15-17-19-22-26-30-34-38-42-46-50-56(61)62-51-47-43-39-35-31-27-23-20-21-25-29-33-37-41-45-49-55(60)57-53(52-58)54(59)48-44-40-36-32-28-24-18-16-14-12-10-8-6-4-2/h19,22-23,27,53-54,58-59H,3-18,20-21,24-26,28-52H2,1-2H3,(H,57,60)/b22-19-,27-23-. The molecule has 366 valence electrons. The zero-order valence-corrected chi connectivity index (χ0v) is 41.6. The molecule has 2 unspecified atom stereocenters. The van der Waals surface area contributed by atoms with Crippen LogP contribution in [0.3, 0.4) is 0 Å². The van der Waals surface area contributed by atoms with Crippen molar-refractivity contribution < 1.29 is 24.5 Å². The molecule has 1 amide bonds. The molecule has 0 aromatic rings. The highest BCUT2D eigenvalue weighted by atomic mass is 16.5. The van der Waals surface area contributed by atoms with E-state index in [4.69, 9.17) is 4.74 Å². The highest BCUT2D eigenvalue weighted by Crippen LogP contribution is 2.16. The van der Waals surface area contributed by atoms with E-state index in [1.54, 1.807) is 0 Å². The topological polar surface area (TPSA) is 95.9 Å². The molecular weight excluding hydrogens is 767 g/mol. The number of carbonyl (C=O) groups excluding carboxylic acids is 2. The lowest BCUT2D eigenvalue weighted by Gasteiger charge is -2.22. The molecule has 0 heterocycles. The minimum Gasteiger partial charge on any atom is -0.466 e. The first-order valence-corrected chi connectivity index (χ1v) is 27.6. The molecule has 0 saturated carbocycles. The number of hydrogen-bond acceptors (Lipinski definition) is 5. The molecule has 0 saturated heterocycles. The van der Waals surface area contributed by atoms with Crippen molar-refractivity contribution in [1.29, 1.82) is 0 Å². The van der Waals surface area contributed by atoms with Gasteiger partial charge in [0, 0.05) is 12.8 Å². The highest BCUT2D eigenvalue weighted by molar-refractivity contribution is 5.76. The van der Waals surface area contributed by atoms with Crippen LogP contribution in [0.2, 0.25) is 0 Å². The Morgan fingerprint density at radius 3 is 1.15 bits per heavy atom. The van der Waals surface area contributed by atoms with Crippen molar-refractivity contribution in [2.75, 3.05) is 13.2 Å². The van der Waals surface area contributed by atoms with Gasteiger partial charge >= 0.3 is 5.97 Å². The molecule has 0 aliphatic rings. The Balaban J connectivity index is 3.47. The van der Waals surface area contributed by atoms with E-state index in [2.05, 4.69) is 43.5 Å². The first-order valence-electron chi connectivity index (χ1n) is 27.6. The summed E-state index contributed by atoms with van der Waals surface area (Å²) in [6.45, 7) is 4.92. The summed E-state index contributed by atoms with van der Waals surface area (Å²) in [5, 5.41) is 23.2. The molecule has 62 heavy (non-hydrogen) atoms. The van der Waals surface area contributed by atoms with Crippen LogP contribution in [0.1, 0.15) is 296 Å². The molecule has 0 aromatic carbocycles. The van der Waals surface area contributed by atoms with Crippen molar-refractivity contribution in [3.8, 4) is 0 Å². The average molecular weight is 874 g/mol. The van der Waals surface area contributed by atoms with E-state index in [0.717, 1.165) is 70.6 Å². The normalized spacial score (nSPS) is 12.8. The predicted octanol–water partition coefficient (Wildman–Crippen LogP) is 16.7. The van der Waals surface area contributed by atoms with Gasteiger partial charge in [0.25, 0.3) is 0 Å². The van der Waals surface area contributed by atoms with Gasteiger partial charge in [-0.3, -0.25) is 9.59 Å². The molecule has 0 aliphatic carbocycles. The summed E-state index contributed by atoms with van der Waals surface area (Å²) in [5.41, 5.74) is 0. The molecule has 0 spiro atoms. The SMILES string of the molecule is CCCCCCCCC/C=C\CCCCCCCC(=O)OCCCCCC/C=C\CCCCCCCCCC(=O)NC(CO)C(O)CCCCCCCCCCCCCCCC. The summed E-state index contributed by atoms with van der Waals surface area (Å²) in [5.74, 6) is -0.0673. The number of amides is 1. The van der Waals surface area contributed by atoms with Crippen molar-refractivity contribution in [1.82, 2.24) is 5.32 Å². The molecular formula is C56H107NO5. The third kappa shape index (κ3) is 47.8. The fourth-order valence-electron chi connectivity index (χ4n) is 8.45. The molecule has 0 radical (unpaired) electrons. The minimum absolute atomic E-state index is 0.0174. The fraction of sp³-hybridized carbons (Fsp3) is 0.893.